The molecule has 0 saturated heterocycles. The van der Waals surface area contributed by atoms with Crippen LogP contribution in [-0.2, 0) is 23.0 Å². The molecule has 0 unspecified atom stereocenters. The van der Waals surface area contributed by atoms with E-state index in [-0.39, 0.29) is 0 Å². The first-order valence-electron chi connectivity index (χ1n) is 6.35. The van der Waals surface area contributed by atoms with Crippen LogP contribution in [0.3, 0.4) is 0 Å². The van der Waals surface area contributed by atoms with Crippen LogP contribution < -0.4 is 10.0 Å². The summed E-state index contributed by atoms with van der Waals surface area (Å²) < 4.78 is 24.6. The summed E-state index contributed by atoms with van der Waals surface area (Å²) in [6.07, 6.45) is 2.21. The summed E-state index contributed by atoms with van der Waals surface area (Å²) in [5, 5.41) is 3.32. The molecule has 0 atom stereocenters. The standard InChI is InChI=1S/C14H18N2O2S2/c1-3-13-8-9-14(19-13)10-15-11-4-6-12(7-5-11)16-20(2,17)18/h4-9,15-16H,3,10H2,1-2H3. The Morgan fingerprint density at radius 3 is 2.15 bits per heavy atom. The third-order valence-corrected chi connectivity index (χ3v) is 4.56. The van der Waals surface area contributed by atoms with Gasteiger partial charge in [0.15, 0.2) is 0 Å². The summed E-state index contributed by atoms with van der Waals surface area (Å²) in [5.41, 5.74) is 1.54. The number of thiophene rings is 1. The number of aryl methyl sites for hydroxylation is 1. The van der Waals surface area contributed by atoms with Crippen LogP contribution in [0, 0.1) is 0 Å². The first-order chi connectivity index (χ1) is 9.46. The summed E-state index contributed by atoms with van der Waals surface area (Å²) in [6, 6.07) is 11.5. The van der Waals surface area contributed by atoms with Gasteiger partial charge >= 0.3 is 0 Å². The molecule has 1 aromatic heterocycles. The predicted octanol–water partition coefficient (Wildman–Crippen LogP) is 3.29. The highest BCUT2D eigenvalue weighted by Crippen LogP contribution is 2.19. The van der Waals surface area contributed by atoms with Crippen LogP contribution in [0.25, 0.3) is 0 Å². The zero-order valence-electron chi connectivity index (χ0n) is 11.5. The van der Waals surface area contributed by atoms with Crippen LogP contribution in [0.2, 0.25) is 0 Å². The average Bonchev–Trinajstić information content (AvgIpc) is 2.84. The van der Waals surface area contributed by atoms with E-state index in [9.17, 15) is 8.42 Å². The molecule has 108 valence electrons. The van der Waals surface area contributed by atoms with Gasteiger partial charge in [0.2, 0.25) is 10.0 Å². The van der Waals surface area contributed by atoms with E-state index in [1.165, 1.54) is 9.75 Å². The fraction of sp³-hybridized carbons (Fsp3) is 0.286. The van der Waals surface area contributed by atoms with E-state index in [0.29, 0.717) is 5.69 Å². The Kier molecular flexibility index (Phi) is 4.67. The zero-order valence-corrected chi connectivity index (χ0v) is 13.1. The summed E-state index contributed by atoms with van der Waals surface area (Å²) in [4.78, 5) is 2.68. The molecule has 6 heteroatoms. The minimum absolute atomic E-state index is 0.572. The third kappa shape index (κ3) is 4.54. The van der Waals surface area contributed by atoms with E-state index >= 15 is 0 Å². The van der Waals surface area contributed by atoms with E-state index in [2.05, 4.69) is 29.1 Å². The van der Waals surface area contributed by atoms with Crippen molar-refractivity contribution in [3.63, 3.8) is 0 Å². The molecule has 1 heterocycles. The minimum Gasteiger partial charge on any atom is -0.380 e. The van der Waals surface area contributed by atoms with E-state index < -0.39 is 10.0 Å². The Bertz CT molecular complexity index is 661. The van der Waals surface area contributed by atoms with Gasteiger partial charge < -0.3 is 5.32 Å². The Hall–Kier alpha value is -1.53. The van der Waals surface area contributed by atoms with Crippen LogP contribution >= 0.6 is 11.3 Å². The maximum absolute atomic E-state index is 11.1. The lowest BCUT2D eigenvalue weighted by Crippen LogP contribution is -2.09. The Morgan fingerprint density at radius 2 is 1.60 bits per heavy atom. The van der Waals surface area contributed by atoms with Crippen molar-refractivity contribution < 1.29 is 8.42 Å². The van der Waals surface area contributed by atoms with Crippen molar-refractivity contribution in [3.8, 4) is 0 Å². The number of hydrogen-bond acceptors (Lipinski definition) is 4. The number of sulfonamides is 1. The first-order valence-corrected chi connectivity index (χ1v) is 9.06. The summed E-state index contributed by atoms with van der Waals surface area (Å²) >= 11 is 1.81. The normalized spacial score (nSPS) is 11.3. The molecule has 2 N–H and O–H groups in total. The fourth-order valence-corrected chi connectivity index (χ4v) is 3.23. The van der Waals surface area contributed by atoms with Gasteiger partial charge in [0.25, 0.3) is 0 Å². The summed E-state index contributed by atoms with van der Waals surface area (Å²) in [6.45, 7) is 2.93. The number of nitrogens with one attached hydrogen (secondary N) is 2. The van der Waals surface area contributed by atoms with E-state index in [1.54, 1.807) is 12.1 Å². The molecule has 1 aromatic carbocycles. The molecular formula is C14H18N2O2S2. The second kappa shape index (κ2) is 6.28. The van der Waals surface area contributed by atoms with Crippen LogP contribution in [-0.4, -0.2) is 14.7 Å². The maximum Gasteiger partial charge on any atom is 0.229 e. The molecule has 0 aliphatic carbocycles. The quantitative estimate of drug-likeness (QED) is 0.860. The second-order valence-corrected chi connectivity index (χ2v) is 7.53. The van der Waals surface area contributed by atoms with Gasteiger partial charge in [0, 0.05) is 27.7 Å². The molecule has 0 fully saturated rings. The van der Waals surface area contributed by atoms with Crippen LogP contribution in [0.4, 0.5) is 11.4 Å². The van der Waals surface area contributed by atoms with Gasteiger partial charge in [-0.15, -0.1) is 11.3 Å². The van der Waals surface area contributed by atoms with Crippen molar-refractivity contribution >= 4 is 32.7 Å². The van der Waals surface area contributed by atoms with Gasteiger partial charge in [-0.3, -0.25) is 4.72 Å². The van der Waals surface area contributed by atoms with Crippen LogP contribution in [0.1, 0.15) is 16.7 Å². The minimum atomic E-state index is -3.21. The molecule has 0 amide bonds. The number of anilines is 2. The SMILES string of the molecule is CCc1ccc(CNc2ccc(NS(C)(=O)=O)cc2)s1. The summed E-state index contributed by atoms with van der Waals surface area (Å²) in [5.74, 6) is 0. The van der Waals surface area contributed by atoms with E-state index in [4.69, 9.17) is 0 Å². The second-order valence-electron chi connectivity index (χ2n) is 4.53. The molecule has 0 aliphatic heterocycles. The number of rotatable bonds is 6. The summed E-state index contributed by atoms with van der Waals surface area (Å²) in [7, 11) is -3.21. The molecule has 4 nitrogen and oxygen atoms in total. The fourth-order valence-electron chi connectivity index (χ4n) is 1.77. The third-order valence-electron chi connectivity index (χ3n) is 2.72. The van der Waals surface area contributed by atoms with Gasteiger partial charge in [-0.2, -0.15) is 0 Å². The molecule has 2 rings (SSSR count). The van der Waals surface area contributed by atoms with Crippen molar-refractivity contribution in [2.45, 2.75) is 19.9 Å². The lowest BCUT2D eigenvalue weighted by atomic mass is 10.3. The van der Waals surface area contributed by atoms with Crippen molar-refractivity contribution in [1.29, 1.82) is 0 Å². The lowest BCUT2D eigenvalue weighted by molar-refractivity contribution is 0.607. The Morgan fingerprint density at radius 1 is 1.00 bits per heavy atom. The average molecular weight is 310 g/mol. The van der Waals surface area contributed by atoms with Gasteiger partial charge in [0.1, 0.15) is 0 Å². The monoisotopic (exact) mass is 310 g/mol. The Balaban J connectivity index is 1.93. The van der Waals surface area contributed by atoms with Crippen molar-refractivity contribution in [1.82, 2.24) is 0 Å². The maximum atomic E-state index is 11.1. The molecule has 0 bridgehead atoms. The molecule has 0 saturated carbocycles. The van der Waals surface area contributed by atoms with Crippen LogP contribution in [0.5, 0.6) is 0 Å². The van der Waals surface area contributed by atoms with Gasteiger partial charge in [-0.1, -0.05) is 6.92 Å². The highest BCUT2D eigenvalue weighted by Gasteiger charge is 2.02. The molecule has 2 aromatic rings. The topological polar surface area (TPSA) is 58.2 Å². The van der Waals surface area contributed by atoms with Crippen molar-refractivity contribution in [2.75, 3.05) is 16.3 Å². The first kappa shape index (κ1) is 14.9. The number of hydrogen-bond donors (Lipinski definition) is 2. The van der Waals surface area contributed by atoms with Gasteiger partial charge in [-0.05, 0) is 42.8 Å². The lowest BCUT2D eigenvalue weighted by Gasteiger charge is -2.07. The van der Waals surface area contributed by atoms with Gasteiger partial charge in [-0.25, -0.2) is 8.42 Å². The highest BCUT2D eigenvalue weighted by atomic mass is 32.2. The molecule has 0 spiro atoms. The van der Waals surface area contributed by atoms with Crippen LogP contribution in [0.15, 0.2) is 36.4 Å². The Labute approximate surface area is 123 Å². The smallest absolute Gasteiger partial charge is 0.229 e. The van der Waals surface area contributed by atoms with Crippen molar-refractivity contribution in [2.24, 2.45) is 0 Å². The zero-order chi connectivity index (χ0) is 14.6. The predicted molar refractivity (Wildman–Crippen MR) is 85.9 cm³/mol. The highest BCUT2D eigenvalue weighted by molar-refractivity contribution is 7.92. The molecule has 0 aliphatic rings. The number of benzene rings is 1. The van der Waals surface area contributed by atoms with Crippen molar-refractivity contribution in [3.05, 3.63) is 46.2 Å². The molecule has 0 radical (unpaired) electrons. The van der Waals surface area contributed by atoms with E-state index in [0.717, 1.165) is 24.9 Å². The van der Waals surface area contributed by atoms with E-state index in [1.807, 2.05) is 23.5 Å². The largest absolute Gasteiger partial charge is 0.380 e. The van der Waals surface area contributed by atoms with Gasteiger partial charge in [0.05, 0.1) is 6.26 Å². The molecular weight excluding hydrogens is 292 g/mol. The molecule has 20 heavy (non-hydrogen) atoms.